The number of amides is 4. The van der Waals surface area contributed by atoms with Crippen molar-refractivity contribution in [3.63, 3.8) is 0 Å². The highest BCUT2D eigenvalue weighted by atomic mass is 16.6. The van der Waals surface area contributed by atoms with Crippen LogP contribution in [-0.2, 0) is 9.47 Å². The van der Waals surface area contributed by atoms with Crippen molar-refractivity contribution in [1.82, 2.24) is 0 Å². The number of anilines is 6. The van der Waals surface area contributed by atoms with E-state index < -0.39 is 23.4 Å². The van der Waals surface area contributed by atoms with Crippen molar-refractivity contribution in [2.24, 2.45) is 0 Å². The second kappa shape index (κ2) is 14.5. The molecule has 4 rings (SSSR count). The molecule has 5 N–H and O–H groups in total. The molecule has 0 saturated heterocycles. The van der Waals surface area contributed by atoms with E-state index in [4.69, 9.17) is 9.47 Å². The minimum atomic E-state index is -0.610. The summed E-state index contributed by atoms with van der Waals surface area (Å²) in [4.78, 5) is 49.3. The fourth-order valence-corrected chi connectivity index (χ4v) is 4.10. The predicted molar refractivity (Wildman–Crippen MR) is 185 cm³/mol. The van der Waals surface area contributed by atoms with Gasteiger partial charge in [0.25, 0.3) is 11.8 Å². The highest BCUT2D eigenvalue weighted by molar-refractivity contribution is 6.05. The fourth-order valence-electron chi connectivity index (χ4n) is 4.10. The fraction of sp³-hybridized carbons (Fsp3) is 0.222. The lowest BCUT2D eigenvalue weighted by Gasteiger charge is -2.19. The van der Waals surface area contributed by atoms with Gasteiger partial charge in [0, 0.05) is 45.3 Å². The Morgan fingerprint density at radius 2 is 0.660 bits per heavy atom. The van der Waals surface area contributed by atoms with Crippen LogP contribution >= 0.6 is 0 Å². The highest BCUT2D eigenvalue weighted by Gasteiger charge is 2.17. The second-order valence-corrected chi connectivity index (χ2v) is 12.6. The van der Waals surface area contributed by atoms with Crippen LogP contribution in [0.15, 0.2) is 97.1 Å². The zero-order valence-corrected chi connectivity index (χ0v) is 27.2. The molecule has 244 valence electrons. The number of ether oxygens (including phenoxy) is 2. The molecular weight excluding hydrogens is 598 g/mol. The number of benzene rings is 4. The summed E-state index contributed by atoms with van der Waals surface area (Å²) in [6, 6.07) is 27.5. The maximum atomic E-state index is 12.7. The molecule has 0 bridgehead atoms. The minimum Gasteiger partial charge on any atom is -0.444 e. The van der Waals surface area contributed by atoms with Crippen LogP contribution in [0, 0.1) is 0 Å². The van der Waals surface area contributed by atoms with Crippen LogP contribution in [0.1, 0.15) is 62.3 Å². The zero-order valence-electron chi connectivity index (χ0n) is 27.2. The van der Waals surface area contributed by atoms with Gasteiger partial charge >= 0.3 is 12.2 Å². The molecule has 47 heavy (non-hydrogen) atoms. The number of nitrogens with one attached hydrogen (secondary N) is 5. The van der Waals surface area contributed by atoms with E-state index >= 15 is 0 Å². The monoisotopic (exact) mass is 637 g/mol. The number of rotatable bonds is 8. The van der Waals surface area contributed by atoms with Gasteiger partial charge in [0.1, 0.15) is 11.2 Å². The molecule has 0 saturated carbocycles. The van der Waals surface area contributed by atoms with E-state index in [2.05, 4.69) is 26.6 Å². The first kappa shape index (κ1) is 34.0. The summed E-state index contributed by atoms with van der Waals surface area (Å²) in [7, 11) is 0. The normalized spacial score (nSPS) is 11.1. The van der Waals surface area contributed by atoms with Gasteiger partial charge in [-0.15, -0.1) is 0 Å². The van der Waals surface area contributed by atoms with E-state index in [0.29, 0.717) is 33.9 Å². The average molecular weight is 638 g/mol. The minimum absolute atomic E-state index is 0.291. The number of carbonyl (C=O) groups excluding carboxylic acids is 4. The molecule has 11 heteroatoms. The van der Waals surface area contributed by atoms with E-state index in [0.717, 1.165) is 11.4 Å². The third-order valence-electron chi connectivity index (χ3n) is 6.16. The van der Waals surface area contributed by atoms with Gasteiger partial charge in [0.05, 0.1) is 0 Å². The lowest BCUT2D eigenvalue weighted by Crippen LogP contribution is -2.27. The van der Waals surface area contributed by atoms with Crippen LogP contribution in [0.2, 0.25) is 0 Å². The highest BCUT2D eigenvalue weighted by Crippen LogP contribution is 2.22. The van der Waals surface area contributed by atoms with Crippen molar-refractivity contribution in [3.05, 3.63) is 108 Å². The number of hydrogen-bond donors (Lipinski definition) is 5. The van der Waals surface area contributed by atoms with Gasteiger partial charge in [-0.3, -0.25) is 20.2 Å². The summed E-state index contributed by atoms with van der Waals surface area (Å²) >= 11 is 0. The lowest BCUT2D eigenvalue weighted by molar-refractivity contribution is 0.0624. The van der Waals surface area contributed by atoms with Crippen molar-refractivity contribution in [1.29, 1.82) is 0 Å². The summed E-state index contributed by atoms with van der Waals surface area (Å²) in [5.74, 6) is -0.582. The Bertz CT molecular complexity index is 1580. The Morgan fingerprint density at radius 1 is 0.404 bits per heavy atom. The smallest absolute Gasteiger partial charge is 0.412 e. The standard InChI is InChI=1S/C36H39N5O6/c1-35(2,3)46-33(44)40-29-11-7-23(8-12-29)31(42)38-27-19-15-25(16-20-27)37-26-17-21-28(22-18-26)39-32(43)24-9-13-30(14-10-24)41-34(45)47-36(4,5)6/h7-22,37H,1-6H3,(H,38,42)(H,39,43)(H,40,44)(H,41,45). The molecule has 4 aromatic carbocycles. The third-order valence-corrected chi connectivity index (χ3v) is 6.16. The van der Waals surface area contributed by atoms with Crippen molar-refractivity contribution in [3.8, 4) is 0 Å². The predicted octanol–water partition coefficient (Wildman–Crippen LogP) is 8.63. The van der Waals surface area contributed by atoms with E-state index in [1.165, 1.54) is 0 Å². The third kappa shape index (κ3) is 11.2. The molecule has 0 aliphatic heterocycles. The quantitative estimate of drug-likeness (QED) is 0.130. The van der Waals surface area contributed by atoms with Gasteiger partial charge in [-0.1, -0.05) is 0 Å². The van der Waals surface area contributed by atoms with Crippen molar-refractivity contribution in [2.45, 2.75) is 52.7 Å². The molecule has 4 amide bonds. The summed E-state index contributed by atoms with van der Waals surface area (Å²) in [6.07, 6.45) is -1.14. The molecule has 0 fully saturated rings. The van der Waals surface area contributed by atoms with Crippen LogP contribution in [-0.4, -0.2) is 35.2 Å². The van der Waals surface area contributed by atoms with E-state index in [-0.39, 0.29) is 11.8 Å². The first-order chi connectivity index (χ1) is 22.1. The van der Waals surface area contributed by atoms with Gasteiger partial charge in [-0.2, -0.15) is 0 Å². The Labute approximate surface area is 274 Å². The Morgan fingerprint density at radius 3 is 0.957 bits per heavy atom. The molecule has 0 aromatic heterocycles. The largest absolute Gasteiger partial charge is 0.444 e. The first-order valence-corrected chi connectivity index (χ1v) is 14.9. The molecule has 0 aliphatic rings. The van der Waals surface area contributed by atoms with Gasteiger partial charge < -0.3 is 25.4 Å². The Hall–Kier alpha value is -5.84. The van der Waals surface area contributed by atoms with Crippen LogP contribution in [0.3, 0.4) is 0 Å². The van der Waals surface area contributed by atoms with Crippen molar-refractivity contribution in [2.75, 3.05) is 26.6 Å². The van der Waals surface area contributed by atoms with Crippen LogP contribution in [0.5, 0.6) is 0 Å². The van der Waals surface area contributed by atoms with Crippen LogP contribution in [0.25, 0.3) is 0 Å². The summed E-state index contributed by atoms with van der Waals surface area (Å²) < 4.78 is 10.5. The molecule has 11 nitrogen and oxygen atoms in total. The van der Waals surface area contributed by atoms with Gasteiger partial charge in [0.15, 0.2) is 0 Å². The van der Waals surface area contributed by atoms with E-state index in [1.807, 2.05) is 24.3 Å². The van der Waals surface area contributed by atoms with Gasteiger partial charge in [0.2, 0.25) is 0 Å². The maximum absolute atomic E-state index is 12.7. The molecule has 0 radical (unpaired) electrons. The molecule has 0 heterocycles. The van der Waals surface area contributed by atoms with E-state index in [1.54, 1.807) is 114 Å². The molecule has 0 aliphatic carbocycles. The first-order valence-electron chi connectivity index (χ1n) is 14.9. The van der Waals surface area contributed by atoms with Crippen molar-refractivity contribution >= 4 is 58.1 Å². The van der Waals surface area contributed by atoms with Crippen LogP contribution < -0.4 is 26.6 Å². The lowest BCUT2D eigenvalue weighted by atomic mass is 10.1. The Kier molecular flexibility index (Phi) is 10.5. The maximum Gasteiger partial charge on any atom is 0.412 e. The SMILES string of the molecule is CC(C)(C)OC(=O)Nc1ccc(C(=O)Nc2ccc(Nc3ccc(NC(=O)c4ccc(NC(=O)OC(C)(C)C)cc4)cc3)cc2)cc1. The molecule has 0 atom stereocenters. The summed E-state index contributed by atoms with van der Waals surface area (Å²) in [5, 5.41) is 14.3. The topological polar surface area (TPSA) is 147 Å². The summed E-state index contributed by atoms with van der Waals surface area (Å²) in [5.41, 5.74) is 3.51. The van der Waals surface area contributed by atoms with Crippen LogP contribution in [0.4, 0.5) is 43.7 Å². The van der Waals surface area contributed by atoms with E-state index in [9.17, 15) is 19.2 Å². The molecule has 0 spiro atoms. The molecule has 4 aromatic rings. The Balaban J connectivity index is 1.25. The number of hydrogen-bond acceptors (Lipinski definition) is 7. The van der Waals surface area contributed by atoms with Crippen molar-refractivity contribution < 1.29 is 28.7 Å². The average Bonchev–Trinajstić information content (AvgIpc) is 2.98. The second-order valence-electron chi connectivity index (χ2n) is 12.6. The summed E-state index contributed by atoms with van der Waals surface area (Å²) in [6.45, 7) is 10.7. The number of carbonyl (C=O) groups is 4. The molecular formula is C36H39N5O6. The zero-order chi connectivity index (χ0) is 34.2. The van der Waals surface area contributed by atoms with Gasteiger partial charge in [-0.05, 0) is 139 Å². The van der Waals surface area contributed by atoms with Gasteiger partial charge in [-0.25, -0.2) is 9.59 Å². The molecule has 0 unspecified atom stereocenters.